The normalized spacial score (nSPS) is 11.3. The fourth-order valence-electron chi connectivity index (χ4n) is 1.59. The fourth-order valence-corrected chi connectivity index (χ4v) is 2.79. The second-order valence-electron chi connectivity index (χ2n) is 4.09. The van der Waals surface area contributed by atoms with Gasteiger partial charge in [0.05, 0.1) is 10.4 Å². The Morgan fingerprint density at radius 3 is 2.94 bits per heavy atom. The molecule has 0 aliphatic heterocycles. The van der Waals surface area contributed by atoms with Crippen LogP contribution in [0, 0.1) is 0 Å². The molecule has 0 fully saturated rings. The van der Waals surface area contributed by atoms with E-state index in [2.05, 4.69) is 44.6 Å². The van der Waals surface area contributed by atoms with Crippen molar-refractivity contribution in [3.8, 4) is 0 Å². The third kappa shape index (κ3) is 7.16. The van der Waals surface area contributed by atoms with Crippen LogP contribution in [0.15, 0.2) is 15.2 Å². The van der Waals surface area contributed by atoms with E-state index in [0.29, 0.717) is 0 Å². The first-order chi connectivity index (χ1) is 8.22. The lowest BCUT2D eigenvalue weighted by Crippen LogP contribution is -2.25. The van der Waals surface area contributed by atoms with E-state index in [0.717, 1.165) is 32.8 Å². The summed E-state index contributed by atoms with van der Waals surface area (Å²) in [4.78, 5) is 2.35. The van der Waals surface area contributed by atoms with Gasteiger partial charge in [0, 0.05) is 20.2 Å². The van der Waals surface area contributed by atoms with Gasteiger partial charge in [0.1, 0.15) is 0 Å². The first-order valence-corrected chi connectivity index (χ1v) is 7.50. The minimum atomic E-state index is 0.790. The smallest absolute Gasteiger partial charge is 0.0701 e. The van der Waals surface area contributed by atoms with Crippen LogP contribution < -0.4 is 5.32 Å². The van der Waals surface area contributed by atoms with Gasteiger partial charge in [0.25, 0.3) is 0 Å². The summed E-state index contributed by atoms with van der Waals surface area (Å²) in [5.41, 5.74) is 1.39. The van der Waals surface area contributed by atoms with Gasteiger partial charge in [-0.25, -0.2) is 0 Å². The van der Waals surface area contributed by atoms with Gasteiger partial charge in [0.15, 0.2) is 0 Å². The molecular formula is C12H21BrN2OS. The largest absolute Gasteiger partial charge is 0.383 e. The van der Waals surface area contributed by atoms with Crippen molar-refractivity contribution in [1.29, 1.82) is 0 Å². The van der Waals surface area contributed by atoms with Crippen LogP contribution in [0.5, 0.6) is 0 Å². The topological polar surface area (TPSA) is 24.5 Å². The maximum atomic E-state index is 4.97. The molecule has 1 rings (SSSR count). The zero-order valence-electron chi connectivity index (χ0n) is 10.5. The molecule has 0 unspecified atom stereocenters. The minimum Gasteiger partial charge on any atom is -0.383 e. The summed E-state index contributed by atoms with van der Waals surface area (Å²) in [6, 6.07) is 2.19. The van der Waals surface area contributed by atoms with Crippen molar-refractivity contribution >= 4 is 27.3 Å². The number of methoxy groups -OCH3 is 1. The van der Waals surface area contributed by atoms with E-state index in [1.54, 1.807) is 18.4 Å². The molecule has 0 aliphatic rings. The highest BCUT2D eigenvalue weighted by Crippen LogP contribution is 2.21. The SMILES string of the molecule is COCCNCCCN(C)Cc1csc(Br)c1. The molecule has 3 nitrogen and oxygen atoms in total. The maximum absolute atomic E-state index is 4.97. The lowest BCUT2D eigenvalue weighted by Gasteiger charge is -2.15. The molecule has 1 heterocycles. The van der Waals surface area contributed by atoms with Gasteiger partial charge in [-0.15, -0.1) is 11.3 Å². The molecule has 0 bridgehead atoms. The molecule has 0 radical (unpaired) electrons. The molecule has 0 saturated heterocycles. The summed E-state index contributed by atoms with van der Waals surface area (Å²) in [7, 11) is 3.90. The maximum Gasteiger partial charge on any atom is 0.0701 e. The van der Waals surface area contributed by atoms with Crippen LogP contribution in [-0.4, -0.2) is 45.3 Å². The summed E-state index contributed by atoms with van der Waals surface area (Å²) in [5.74, 6) is 0. The fraction of sp³-hybridized carbons (Fsp3) is 0.667. The Balaban J connectivity index is 2.03. The average Bonchev–Trinajstić information content (AvgIpc) is 2.69. The monoisotopic (exact) mass is 320 g/mol. The number of nitrogens with zero attached hydrogens (tertiary/aromatic N) is 1. The molecule has 0 aromatic carbocycles. The van der Waals surface area contributed by atoms with E-state index in [4.69, 9.17) is 4.74 Å². The number of rotatable bonds is 9. The van der Waals surface area contributed by atoms with E-state index < -0.39 is 0 Å². The van der Waals surface area contributed by atoms with Gasteiger partial charge in [-0.2, -0.15) is 0 Å². The van der Waals surface area contributed by atoms with Gasteiger partial charge >= 0.3 is 0 Å². The zero-order valence-corrected chi connectivity index (χ0v) is 12.9. The van der Waals surface area contributed by atoms with Crippen molar-refractivity contribution in [1.82, 2.24) is 10.2 Å². The average molecular weight is 321 g/mol. The molecule has 0 spiro atoms. The van der Waals surface area contributed by atoms with Crippen LogP contribution in [0.1, 0.15) is 12.0 Å². The van der Waals surface area contributed by atoms with Crippen molar-refractivity contribution in [2.75, 3.05) is 40.4 Å². The Hall–Kier alpha value is 0.0600. The highest BCUT2D eigenvalue weighted by molar-refractivity contribution is 9.11. The molecule has 0 saturated carbocycles. The number of thiophene rings is 1. The summed E-state index contributed by atoms with van der Waals surface area (Å²) in [6.45, 7) is 4.94. The van der Waals surface area contributed by atoms with E-state index in [9.17, 15) is 0 Å². The molecule has 5 heteroatoms. The number of ether oxygens (including phenoxy) is 1. The van der Waals surface area contributed by atoms with Crippen molar-refractivity contribution in [3.05, 3.63) is 20.8 Å². The molecule has 98 valence electrons. The number of halogens is 1. The van der Waals surface area contributed by atoms with Crippen LogP contribution in [0.3, 0.4) is 0 Å². The first-order valence-electron chi connectivity index (χ1n) is 5.83. The van der Waals surface area contributed by atoms with Gasteiger partial charge < -0.3 is 15.0 Å². The standard InChI is InChI=1S/C12H21BrN2OS/c1-15(6-3-4-14-5-7-16-2)9-11-8-12(13)17-10-11/h8,10,14H,3-7,9H2,1-2H3. The molecule has 0 atom stereocenters. The number of hydrogen-bond donors (Lipinski definition) is 1. The number of hydrogen-bond acceptors (Lipinski definition) is 4. The zero-order chi connectivity index (χ0) is 12.5. The summed E-state index contributed by atoms with van der Waals surface area (Å²) >= 11 is 5.24. The second kappa shape index (κ2) is 9.05. The molecular weight excluding hydrogens is 300 g/mol. The summed E-state index contributed by atoms with van der Waals surface area (Å²) < 4.78 is 6.18. The van der Waals surface area contributed by atoms with Crippen molar-refractivity contribution in [2.45, 2.75) is 13.0 Å². The minimum absolute atomic E-state index is 0.790. The number of nitrogens with one attached hydrogen (secondary N) is 1. The highest BCUT2D eigenvalue weighted by Gasteiger charge is 2.02. The summed E-state index contributed by atoms with van der Waals surface area (Å²) in [5, 5.41) is 5.56. The third-order valence-corrected chi connectivity index (χ3v) is 4.00. The van der Waals surface area contributed by atoms with E-state index in [1.807, 2.05) is 0 Å². The van der Waals surface area contributed by atoms with E-state index >= 15 is 0 Å². The lowest BCUT2D eigenvalue weighted by atomic mass is 10.3. The lowest BCUT2D eigenvalue weighted by molar-refractivity contribution is 0.198. The van der Waals surface area contributed by atoms with Crippen LogP contribution >= 0.6 is 27.3 Å². The van der Waals surface area contributed by atoms with Gasteiger partial charge in [-0.05, 0) is 59.5 Å². The Morgan fingerprint density at radius 2 is 2.29 bits per heavy atom. The predicted molar refractivity (Wildman–Crippen MR) is 77.7 cm³/mol. The van der Waals surface area contributed by atoms with Crippen LogP contribution in [0.4, 0.5) is 0 Å². The van der Waals surface area contributed by atoms with Gasteiger partial charge in [-0.1, -0.05) is 0 Å². The molecule has 0 aliphatic carbocycles. The Bertz CT molecular complexity index is 306. The molecule has 1 aromatic rings. The highest BCUT2D eigenvalue weighted by atomic mass is 79.9. The molecule has 17 heavy (non-hydrogen) atoms. The van der Waals surface area contributed by atoms with Crippen LogP contribution in [0.2, 0.25) is 0 Å². The van der Waals surface area contributed by atoms with Crippen LogP contribution in [-0.2, 0) is 11.3 Å². The quantitative estimate of drug-likeness (QED) is 0.708. The predicted octanol–water partition coefficient (Wildman–Crippen LogP) is 2.57. The second-order valence-corrected chi connectivity index (χ2v) is 6.38. The van der Waals surface area contributed by atoms with E-state index in [1.165, 1.54) is 15.8 Å². The summed E-state index contributed by atoms with van der Waals surface area (Å²) in [6.07, 6.45) is 1.17. The molecule has 1 aromatic heterocycles. The van der Waals surface area contributed by atoms with Gasteiger partial charge in [-0.3, -0.25) is 0 Å². The Kier molecular flexibility index (Phi) is 8.05. The van der Waals surface area contributed by atoms with Crippen molar-refractivity contribution in [2.24, 2.45) is 0 Å². The Labute approximate surface area is 116 Å². The van der Waals surface area contributed by atoms with Gasteiger partial charge in [0.2, 0.25) is 0 Å². The first kappa shape index (κ1) is 15.1. The molecule has 0 amide bonds. The van der Waals surface area contributed by atoms with Crippen molar-refractivity contribution in [3.63, 3.8) is 0 Å². The van der Waals surface area contributed by atoms with E-state index in [-0.39, 0.29) is 0 Å². The Morgan fingerprint density at radius 1 is 1.47 bits per heavy atom. The molecule has 1 N–H and O–H groups in total. The third-order valence-electron chi connectivity index (χ3n) is 2.45. The van der Waals surface area contributed by atoms with Crippen molar-refractivity contribution < 1.29 is 4.74 Å². The van der Waals surface area contributed by atoms with Crippen LogP contribution in [0.25, 0.3) is 0 Å².